The number of anilines is 2. The van der Waals surface area contributed by atoms with Crippen molar-refractivity contribution in [2.24, 2.45) is 11.8 Å². The lowest BCUT2D eigenvalue weighted by Gasteiger charge is -2.15. The van der Waals surface area contributed by atoms with E-state index in [1.807, 2.05) is 40.1 Å². The first-order valence-electron chi connectivity index (χ1n) is 9.09. The van der Waals surface area contributed by atoms with E-state index in [0.717, 1.165) is 47.5 Å². The summed E-state index contributed by atoms with van der Waals surface area (Å²) in [5.41, 5.74) is 3.85. The van der Waals surface area contributed by atoms with Gasteiger partial charge in [-0.05, 0) is 58.8 Å². The molecule has 0 amide bonds. The average Bonchev–Trinajstić information content (AvgIpc) is 3.04. The number of aromatic nitrogens is 4. The van der Waals surface area contributed by atoms with Crippen LogP contribution < -0.4 is 10.6 Å². The third-order valence-electron chi connectivity index (χ3n) is 4.92. The van der Waals surface area contributed by atoms with E-state index in [1.54, 1.807) is 0 Å². The standard InChI is InChI=1S/C19H28N6/c1-12-8-20-14(3)18(24-12)22-10-16-5-6-17(7-16)11-23-19-15(4)21-9-13(2)25-19/h8-9,16-17H,5-7,10-11H2,1-4H3,(H,22,24)(H,23,25). The SMILES string of the molecule is Cc1cnc(C)c(NCC2CCC(CNc3nc(C)cnc3C)C2)n1. The van der Waals surface area contributed by atoms with Crippen LogP contribution >= 0.6 is 0 Å². The predicted octanol–water partition coefficient (Wildman–Crippen LogP) is 3.44. The molecule has 134 valence electrons. The fraction of sp³-hybridized carbons (Fsp3) is 0.579. The van der Waals surface area contributed by atoms with Crippen LogP contribution in [0.1, 0.15) is 42.0 Å². The summed E-state index contributed by atoms with van der Waals surface area (Å²) in [6.07, 6.45) is 7.38. The van der Waals surface area contributed by atoms with Crippen LogP contribution in [-0.2, 0) is 0 Å². The van der Waals surface area contributed by atoms with E-state index in [9.17, 15) is 0 Å². The second-order valence-electron chi connectivity index (χ2n) is 7.20. The Bertz CT molecular complexity index is 668. The molecule has 1 saturated carbocycles. The summed E-state index contributed by atoms with van der Waals surface area (Å²) in [4.78, 5) is 17.8. The average molecular weight is 340 g/mol. The van der Waals surface area contributed by atoms with E-state index in [1.165, 1.54) is 19.3 Å². The highest BCUT2D eigenvalue weighted by atomic mass is 15.0. The van der Waals surface area contributed by atoms with E-state index in [4.69, 9.17) is 0 Å². The third kappa shape index (κ3) is 4.65. The van der Waals surface area contributed by atoms with Crippen LogP contribution in [0.4, 0.5) is 11.6 Å². The monoisotopic (exact) mass is 340 g/mol. The molecule has 2 aromatic rings. The van der Waals surface area contributed by atoms with Crippen molar-refractivity contribution in [2.45, 2.75) is 47.0 Å². The van der Waals surface area contributed by atoms with Crippen molar-refractivity contribution in [1.82, 2.24) is 19.9 Å². The van der Waals surface area contributed by atoms with Crippen LogP contribution in [0.3, 0.4) is 0 Å². The maximum atomic E-state index is 4.55. The van der Waals surface area contributed by atoms with Crippen molar-refractivity contribution in [2.75, 3.05) is 23.7 Å². The highest BCUT2D eigenvalue weighted by Gasteiger charge is 2.24. The molecule has 0 radical (unpaired) electrons. The zero-order chi connectivity index (χ0) is 17.8. The minimum Gasteiger partial charge on any atom is -0.368 e. The van der Waals surface area contributed by atoms with Gasteiger partial charge in [-0.1, -0.05) is 0 Å². The van der Waals surface area contributed by atoms with E-state index in [0.29, 0.717) is 11.8 Å². The van der Waals surface area contributed by atoms with Crippen LogP contribution in [0.5, 0.6) is 0 Å². The minimum atomic E-state index is 0.693. The Morgan fingerprint density at radius 3 is 1.68 bits per heavy atom. The summed E-state index contributed by atoms with van der Waals surface area (Å²) in [6, 6.07) is 0. The number of nitrogens with zero attached hydrogens (tertiary/aromatic N) is 4. The molecule has 0 aromatic carbocycles. The molecule has 2 atom stereocenters. The molecule has 1 aliphatic rings. The van der Waals surface area contributed by atoms with Crippen LogP contribution in [0, 0.1) is 39.5 Å². The van der Waals surface area contributed by atoms with Gasteiger partial charge in [0.15, 0.2) is 0 Å². The van der Waals surface area contributed by atoms with Crippen LogP contribution in [-0.4, -0.2) is 33.0 Å². The van der Waals surface area contributed by atoms with Gasteiger partial charge in [-0.25, -0.2) is 9.97 Å². The molecule has 0 bridgehead atoms. The Balaban J connectivity index is 1.47. The lowest BCUT2D eigenvalue weighted by atomic mass is 10.0. The molecule has 0 saturated heterocycles. The smallest absolute Gasteiger partial charge is 0.147 e. The van der Waals surface area contributed by atoms with Gasteiger partial charge in [0.25, 0.3) is 0 Å². The van der Waals surface area contributed by atoms with Crippen molar-refractivity contribution < 1.29 is 0 Å². The van der Waals surface area contributed by atoms with E-state index < -0.39 is 0 Å². The fourth-order valence-electron chi connectivity index (χ4n) is 3.44. The van der Waals surface area contributed by atoms with Crippen LogP contribution in [0.25, 0.3) is 0 Å². The molecule has 1 fully saturated rings. The summed E-state index contributed by atoms with van der Waals surface area (Å²) in [7, 11) is 0. The summed E-state index contributed by atoms with van der Waals surface area (Å²) in [6.45, 7) is 9.90. The van der Waals surface area contributed by atoms with Gasteiger partial charge >= 0.3 is 0 Å². The Kier molecular flexibility index (Phi) is 5.46. The zero-order valence-electron chi connectivity index (χ0n) is 15.6. The van der Waals surface area contributed by atoms with Gasteiger partial charge in [-0.3, -0.25) is 9.97 Å². The molecule has 2 unspecified atom stereocenters. The van der Waals surface area contributed by atoms with Crippen molar-refractivity contribution in [3.63, 3.8) is 0 Å². The molecular weight excluding hydrogens is 312 g/mol. The maximum absolute atomic E-state index is 4.55. The number of hydrogen-bond donors (Lipinski definition) is 2. The maximum Gasteiger partial charge on any atom is 0.147 e. The zero-order valence-corrected chi connectivity index (χ0v) is 15.6. The van der Waals surface area contributed by atoms with Gasteiger partial charge in [0, 0.05) is 25.5 Å². The van der Waals surface area contributed by atoms with Crippen LogP contribution in [0.2, 0.25) is 0 Å². The highest BCUT2D eigenvalue weighted by Crippen LogP contribution is 2.31. The highest BCUT2D eigenvalue weighted by molar-refractivity contribution is 5.40. The van der Waals surface area contributed by atoms with Crippen molar-refractivity contribution >= 4 is 11.6 Å². The van der Waals surface area contributed by atoms with Gasteiger partial charge in [0.1, 0.15) is 11.6 Å². The van der Waals surface area contributed by atoms with Crippen molar-refractivity contribution in [1.29, 1.82) is 0 Å². The van der Waals surface area contributed by atoms with Gasteiger partial charge in [0.2, 0.25) is 0 Å². The number of nitrogens with one attached hydrogen (secondary N) is 2. The lowest BCUT2D eigenvalue weighted by Crippen LogP contribution is -2.17. The normalized spacial score (nSPS) is 19.8. The van der Waals surface area contributed by atoms with Crippen LogP contribution in [0.15, 0.2) is 12.4 Å². The minimum absolute atomic E-state index is 0.693. The van der Waals surface area contributed by atoms with E-state index >= 15 is 0 Å². The topological polar surface area (TPSA) is 75.6 Å². The first-order valence-corrected chi connectivity index (χ1v) is 9.09. The van der Waals surface area contributed by atoms with E-state index in [-0.39, 0.29) is 0 Å². The third-order valence-corrected chi connectivity index (χ3v) is 4.92. The Labute approximate surface area is 149 Å². The second kappa shape index (κ2) is 7.76. The van der Waals surface area contributed by atoms with Crippen molar-refractivity contribution in [3.05, 3.63) is 35.2 Å². The van der Waals surface area contributed by atoms with Gasteiger partial charge in [0.05, 0.1) is 22.8 Å². The summed E-state index contributed by atoms with van der Waals surface area (Å²) in [5, 5.41) is 6.98. The fourth-order valence-corrected chi connectivity index (χ4v) is 3.44. The number of aryl methyl sites for hydroxylation is 4. The van der Waals surface area contributed by atoms with Gasteiger partial charge in [-0.2, -0.15) is 0 Å². The molecule has 0 aliphatic heterocycles. The molecule has 25 heavy (non-hydrogen) atoms. The van der Waals surface area contributed by atoms with Crippen molar-refractivity contribution in [3.8, 4) is 0 Å². The molecule has 2 heterocycles. The molecular formula is C19H28N6. The van der Waals surface area contributed by atoms with E-state index in [2.05, 4.69) is 30.6 Å². The molecule has 6 heteroatoms. The number of rotatable bonds is 6. The van der Waals surface area contributed by atoms with Gasteiger partial charge < -0.3 is 10.6 Å². The summed E-state index contributed by atoms with van der Waals surface area (Å²) >= 11 is 0. The molecule has 1 aliphatic carbocycles. The summed E-state index contributed by atoms with van der Waals surface area (Å²) < 4.78 is 0. The Morgan fingerprint density at radius 1 is 0.800 bits per heavy atom. The lowest BCUT2D eigenvalue weighted by molar-refractivity contribution is 0.521. The first-order chi connectivity index (χ1) is 12.0. The molecule has 2 aromatic heterocycles. The second-order valence-corrected chi connectivity index (χ2v) is 7.20. The summed E-state index contributed by atoms with van der Waals surface area (Å²) in [5.74, 6) is 3.23. The largest absolute Gasteiger partial charge is 0.368 e. The number of hydrogen-bond acceptors (Lipinski definition) is 6. The Morgan fingerprint density at radius 2 is 1.24 bits per heavy atom. The Hall–Kier alpha value is -2.24. The quantitative estimate of drug-likeness (QED) is 0.839. The molecule has 0 spiro atoms. The first kappa shape index (κ1) is 17.6. The molecule has 3 rings (SSSR count). The molecule has 2 N–H and O–H groups in total. The van der Waals surface area contributed by atoms with Gasteiger partial charge in [-0.15, -0.1) is 0 Å². The molecule has 6 nitrogen and oxygen atoms in total. The predicted molar refractivity (Wildman–Crippen MR) is 101 cm³/mol.